The number of thiazole rings is 1. The number of nitrogens with one attached hydrogen (secondary N) is 1. The Balaban J connectivity index is 1.50. The van der Waals surface area contributed by atoms with Crippen LogP contribution in [0.3, 0.4) is 0 Å². The van der Waals surface area contributed by atoms with Gasteiger partial charge in [0, 0.05) is 54.6 Å². The highest BCUT2D eigenvalue weighted by molar-refractivity contribution is 7.25. The molecule has 0 spiro atoms. The van der Waals surface area contributed by atoms with Crippen LogP contribution >= 0.6 is 22.7 Å². The van der Waals surface area contributed by atoms with Crippen LogP contribution in [0.15, 0.2) is 48.1 Å². The molecule has 4 heterocycles. The van der Waals surface area contributed by atoms with Crippen molar-refractivity contribution >= 4 is 49.7 Å². The van der Waals surface area contributed by atoms with Crippen LogP contribution < -0.4 is 10.1 Å². The van der Waals surface area contributed by atoms with E-state index in [9.17, 15) is 4.79 Å². The number of hydrogen-bond donors (Lipinski definition) is 1. The minimum absolute atomic E-state index is 0.0374. The van der Waals surface area contributed by atoms with Gasteiger partial charge in [-0.1, -0.05) is 13.8 Å². The van der Waals surface area contributed by atoms with E-state index in [1.54, 1.807) is 28.9 Å². The molecule has 6 nitrogen and oxygen atoms in total. The molecule has 0 aliphatic heterocycles. The highest BCUT2D eigenvalue weighted by atomic mass is 32.1. The van der Waals surface area contributed by atoms with E-state index < -0.39 is 0 Å². The maximum Gasteiger partial charge on any atom is 0.253 e. The molecular formula is C25H24N4O2S2. The average molecular weight is 477 g/mol. The molecule has 5 rings (SSSR count). The van der Waals surface area contributed by atoms with E-state index in [1.165, 1.54) is 0 Å². The lowest BCUT2D eigenvalue weighted by Gasteiger charge is -2.08. The summed E-state index contributed by atoms with van der Waals surface area (Å²) in [5, 5.41) is 6.91. The Bertz CT molecular complexity index is 1470. The lowest BCUT2D eigenvalue weighted by atomic mass is 10.1. The van der Waals surface area contributed by atoms with E-state index in [0.29, 0.717) is 18.2 Å². The van der Waals surface area contributed by atoms with Crippen LogP contribution in [-0.2, 0) is 7.05 Å². The van der Waals surface area contributed by atoms with Crippen LogP contribution in [0.25, 0.3) is 31.0 Å². The number of aromatic nitrogens is 3. The molecule has 0 radical (unpaired) electrons. The van der Waals surface area contributed by atoms with Crippen molar-refractivity contribution in [1.82, 2.24) is 19.9 Å². The molecule has 5 aromatic rings. The van der Waals surface area contributed by atoms with Crippen molar-refractivity contribution in [2.75, 3.05) is 6.54 Å². The molecule has 0 atom stereocenters. The Morgan fingerprint density at radius 3 is 2.79 bits per heavy atom. The Labute approximate surface area is 199 Å². The molecule has 168 valence electrons. The third-order valence-electron chi connectivity index (χ3n) is 5.61. The number of hydrogen-bond acceptors (Lipinski definition) is 6. The van der Waals surface area contributed by atoms with E-state index in [2.05, 4.69) is 35.2 Å². The Hall–Kier alpha value is -3.23. The summed E-state index contributed by atoms with van der Waals surface area (Å²) < 4.78 is 9.34. The summed E-state index contributed by atoms with van der Waals surface area (Å²) in [6, 6.07) is 9.81. The first-order valence-corrected chi connectivity index (χ1v) is 12.5. The van der Waals surface area contributed by atoms with Crippen LogP contribution in [0.2, 0.25) is 0 Å². The summed E-state index contributed by atoms with van der Waals surface area (Å²) in [5.41, 5.74) is 3.50. The standard InChI is InChI=1S/C25H24N4O2S2/c1-14(2)13-28-24(30)22-15(3)29(4)19-11-16(5-6-17(19)22)31-20-7-8-26-18-12-21(33-23(18)20)25-27-9-10-32-25/h5-12,14H,13H2,1-4H3,(H,28,30). The van der Waals surface area contributed by atoms with Crippen molar-refractivity contribution in [1.29, 1.82) is 0 Å². The Morgan fingerprint density at radius 1 is 1.18 bits per heavy atom. The minimum Gasteiger partial charge on any atom is -0.456 e. The van der Waals surface area contributed by atoms with Gasteiger partial charge in [-0.05, 0) is 31.0 Å². The zero-order chi connectivity index (χ0) is 23.1. The molecule has 33 heavy (non-hydrogen) atoms. The van der Waals surface area contributed by atoms with Crippen LogP contribution in [0.5, 0.6) is 11.5 Å². The van der Waals surface area contributed by atoms with Crippen molar-refractivity contribution in [2.45, 2.75) is 20.8 Å². The second kappa shape index (κ2) is 8.61. The van der Waals surface area contributed by atoms with Crippen molar-refractivity contribution in [2.24, 2.45) is 13.0 Å². The summed E-state index contributed by atoms with van der Waals surface area (Å²) in [5.74, 6) is 1.83. The number of amides is 1. The molecule has 8 heteroatoms. The summed E-state index contributed by atoms with van der Waals surface area (Å²) in [7, 11) is 1.98. The maximum atomic E-state index is 12.9. The smallest absolute Gasteiger partial charge is 0.253 e. The third-order valence-corrected chi connectivity index (χ3v) is 7.69. The highest BCUT2D eigenvalue weighted by Crippen LogP contribution is 2.40. The van der Waals surface area contributed by atoms with Crippen LogP contribution in [0, 0.1) is 12.8 Å². The van der Waals surface area contributed by atoms with Gasteiger partial charge in [0.25, 0.3) is 5.91 Å². The summed E-state index contributed by atoms with van der Waals surface area (Å²) >= 11 is 3.24. The van der Waals surface area contributed by atoms with E-state index >= 15 is 0 Å². The number of ether oxygens (including phenoxy) is 1. The molecule has 1 N–H and O–H groups in total. The minimum atomic E-state index is -0.0374. The number of nitrogens with zero attached hydrogens (tertiary/aromatic N) is 3. The normalized spacial score (nSPS) is 11.5. The lowest BCUT2D eigenvalue weighted by Crippen LogP contribution is -2.27. The Kier molecular flexibility index (Phi) is 5.64. The summed E-state index contributed by atoms with van der Waals surface area (Å²) in [6.45, 7) is 6.80. The first-order chi connectivity index (χ1) is 15.9. The predicted molar refractivity (Wildman–Crippen MR) is 136 cm³/mol. The average Bonchev–Trinajstić information content (AvgIpc) is 3.52. The van der Waals surface area contributed by atoms with Gasteiger partial charge in [-0.2, -0.15) is 0 Å². The number of fused-ring (bicyclic) bond motifs is 2. The predicted octanol–water partition coefficient (Wildman–Crippen LogP) is 6.40. The molecule has 0 bridgehead atoms. The van der Waals surface area contributed by atoms with E-state index in [0.717, 1.165) is 48.0 Å². The fourth-order valence-electron chi connectivity index (χ4n) is 3.85. The largest absolute Gasteiger partial charge is 0.456 e. The van der Waals surface area contributed by atoms with E-state index in [4.69, 9.17) is 4.74 Å². The number of carbonyl (C=O) groups is 1. The van der Waals surface area contributed by atoms with E-state index in [1.807, 2.05) is 54.4 Å². The fraction of sp³-hybridized carbons (Fsp3) is 0.240. The third kappa shape index (κ3) is 4.00. The van der Waals surface area contributed by atoms with Gasteiger partial charge in [0.15, 0.2) is 0 Å². The molecule has 0 saturated heterocycles. The second-order valence-corrected chi connectivity index (χ2v) is 10.3. The van der Waals surface area contributed by atoms with Crippen molar-refractivity contribution in [3.8, 4) is 21.4 Å². The monoisotopic (exact) mass is 476 g/mol. The highest BCUT2D eigenvalue weighted by Gasteiger charge is 2.19. The molecule has 0 aliphatic carbocycles. The van der Waals surface area contributed by atoms with Gasteiger partial charge in [-0.25, -0.2) is 4.98 Å². The van der Waals surface area contributed by atoms with Gasteiger partial charge in [-0.15, -0.1) is 22.7 Å². The molecule has 0 fully saturated rings. The topological polar surface area (TPSA) is 69.0 Å². The van der Waals surface area contributed by atoms with Crippen molar-refractivity contribution in [3.05, 3.63) is 59.4 Å². The lowest BCUT2D eigenvalue weighted by molar-refractivity contribution is 0.0950. The summed E-state index contributed by atoms with van der Waals surface area (Å²) in [6.07, 6.45) is 3.57. The quantitative estimate of drug-likeness (QED) is 0.308. The molecule has 0 aliphatic rings. The summed E-state index contributed by atoms with van der Waals surface area (Å²) in [4.78, 5) is 22.8. The maximum absolute atomic E-state index is 12.9. The van der Waals surface area contributed by atoms with Gasteiger partial charge in [-0.3, -0.25) is 9.78 Å². The van der Waals surface area contributed by atoms with Crippen LogP contribution in [-0.4, -0.2) is 27.0 Å². The van der Waals surface area contributed by atoms with Gasteiger partial charge < -0.3 is 14.6 Å². The zero-order valence-electron chi connectivity index (χ0n) is 18.9. The molecular weight excluding hydrogens is 452 g/mol. The Morgan fingerprint density at radius 2 is 2.03 bits per heavy atom. The van der Waals surface area contributed by atoms with Crippen molar-refractivity contribution < 1.29 is 9.53 Å². The molecule has 0 unspecified atom stereocenters. The van der Waals surface area contributed by atoms with Crippen LogP contribution in [0.4, 0.5) is 0 Å². The fourth-order valence-corrected chi connectivity index (χ4v) is 5.63. The SMILES string of the molecule is Cc1c(C(=O)NCC(C)C)c2ccc(Oc3ccnc4cc(-c5nccs5)sc34)cc2n1C. The van der Waals surface area contributed by atoms with Gasteiger partial charge >= 0.3 is 0 Å². The van der Waals surface area contributed by atoms with Gasteiger partial charge in [0.05, 0.1) is 26.2 Å². The zero-order valence-corrected chi connectivity index (χ0v) is 20.5. The molecule has 1 aromatic carbocycles. The number of rotatable bonds is 6. The first kappa shape index (κ1) is 21.6. The number of pyridine rings is 1. The number of thiophene rings is 1. The van der Waals surface area contributed by atoms with Crippen molar-refractivity contribution in [3.63, 3.8) is 0 Å². The second-order valence-electron chi connectivity index (χ2n) is 8.38. The molecule has 0 saturated carbocycles. The number of aryl methyl sites for hydroxylation is 1. The van der Waals surface area contributed by atoms with E-state index in [-0.39, 0.29) is 5.91 Å². The molecule has 1 amide bonds. The van der Waals surface area contributed by atoms with Gasteiger partial charge in [0.1, 0.15) is 16.5 Å². The molecule has 4 aromatic heterocycles. The van der Waals surface area contributed by atoms with Gasteiger partial charge in [0.2, 0.25) is 0 Å². The van der Waals surface area contributed by atoms with Crippen LogP contribution in [0.1, 0.15) is 29.9 Å². The number of carbonyl (C=O) groups excluding carboxylic acids is 1. The number of benzene rings is 1. The first-order valence-electron chi connectivity index (χ1n) is 10.8.